The lowest BCUT2D eigenvalue weighted by Crippen LogP contribution is -2.41. The van der Waals surface area contributed by atoms with Crippen LogP contribution >= 0.6 is 0 Å². The number of anilines is 1. The van der Waals surface area contributed by atoms with Crippen LogP contribution in [-0.2, 0) is 0 Å². The van der Waals surface area contributed by atoms with Gasteiger partial charge in [-0.3, -0.25) is 9.89 Å². The molecule has 1 aliphatic heterocycles. The smallest absolute Gasteiger partial charge is 0.253 e. The molecule has 0 aliphatic carbocycles. The van der Waals surface area contributed by atoms with Crippen LogP contribution in [0.5, 0.6) is 5.75 Å². The van der Waals surface area contributed by atoms with Crippen molar-refractivity contribution < 1.29 is 9.53 Å². The molecule has 5 aromatic rings. The molecule has 192 valence electrons. The molecule has 1 fully saturated rings. The molecule has 0 unspecified atom stereocenters. The van der Waals surface area contributed by atoms with E-state index in [1.165, 1.54) is 0 Å². The number of likely N-dealkylation sites (tertiary alicyclic amines) is 1. The Labute approximate surface area is 227 Å². The molecule has 3 N–H and O–H groups in total. The molecule has 6 heteroatoms. The van der Waals surface area contributed by atoms with Crippen LogP contribution in [0.3, 0.4) is 0 Å². The first-order valence-corrected chi connectivity index (χ1v) is 13.1. The molecular weight excluding hydrogens is 484 g/mol. The highest BCUT2D eigenvalue weighted by molar-refractivity contribution is 5.99. The highest BCUT2D eigenvalue weighted by atomic mass is 16.5. The minimum atomic E-state index is 0.0115. The van der Waals surface area contributed by atoms with Gasteiger partial charge in [-0.15, -0.1) is 0 Å². The number of aromatic nitrogens is 2. The number of carbonyl (C=O) groups excluding carboxylic acids is 1. The average Bonchev–Trinajstić information content (AvgIpc) is 3.40. The quantitative estimate of drug-likeness (QED) is 0.232. The zero-order chi connectivity index (χ0) is 26.6. The molecule has 6 nitrogen and oxygen atoms in total. The Morgan fingerprint density at radius 1 is 0.897 bits per heavy atom. The third-order valence-electron chi connectivity index (χ3n) is 7.05. The van der Waals surface area contributed by atoms with Crippen molar-refractivity contribution in [2.45, 2.75) is 18.9 Å². The van der Waals surface area contributed by atoms with Crippen molar-refractivity contribution in [3.63, 3.8) is 0 Å². The molecule has 0 saturated carbocycles. The van der Waals surface area contributed by atoms with Gasteiger partial charge in [-0.2, -0.15) is 5.10 Å². The number of nitrogens with two attached hydrogens (primary N) is 1. The summed E-state index contributed by atoms with van der Waals surface area (Å²) in [4.78, 5) is 15.3. The zero-order valence-corrected chi connectivity index (χ0v) is 21.4. The Morgan fingerprint density at radius 2 is 1.64 bits per heavy atom. The number of piperidine rings is 1. The van der Waals surface area contributed by atoms with Crippen LogP contribution in [-0.4, -0.2) is 40.2 Å². The number of carbonyl (C=O) groups is 1. The SMILES string of the molecule is Nc1ccc(OC2CCN(C(=O)c3ccc4n[nH]c(C#Cc5ccccc5-c5ccccc5)c4c3)CC2)cc1. The summed E-state index contributed by atoms with van der Waals surface area (Å²) in [5, 5.41) is 8.29. The maximum Gasteiger partial charge on any atom is 0.253 e. The van der Waals surface area contributed by atoms with E-state index in [2.05, 4.69) is 40.2 Å². The lowest BCUT2D eigenvalue weighted by molar-refractivity contribution is 0.0595. The van der Waals surface area contributed by atoms with Crippen molar-refractivity contribution in [2.75, 3.05) is 18.8 Å². The van der Waals surface area contributed by atoms with Gasteiger partial charge < -0.3 is 15.4 Å². The number of aromatic amines is 1. The van der Waals surface area contributed by atoms with Gasteiger partial charge in [0.15, 0.2) is 0 Å². The highest BCUT2D eigenvalue weighted by Crippen LogP contribution is 2.25. The van der Waals surface area contributed by atoms with E-state index in [-0.39, 0.29) is 12.0 Å². The fourth-order valence-electron chi connectivity index (χ4n) is 4.93. The maximum atomic E-state index is 13.4. The standard InChI is InChI=1S/C33H28N4O2/c34-26-12-14-27(15-13-26)39-28-18-20-37(21-19-28)33(38)25-11-17-32-30(22-25)31(35-36-32)16-10-24-8-4-5-9-29(24)23-6-2-1-3-7-23/h1-9,11-15,17,22,28H,18-21,34H2,(H,35,36). The van der Waals surface area contributed by atoms with Gasteiger partial charge in [0.1, 0.15) is 17.5 Å². The third-order valence-corrected chi connectivity index (χ3v) is 7.05. The van der Waals surface area contributed by atoms with Gasteiger partial charge in [-0.05, 0) is 65.6 Å². The highest BCUT2D eigenvalue weighted by Gasteiger charge is 2.25. The van der Waals surface area contributed by atoms with Gasteiger partial charge in [0.05, 0.1) is 5.52 Å². The van der Waals surface area contributed by atoms with E-state index < -0.39 is 0 Å². The Balaban J connectivity index is 1.18. The number of hydrogen-bond donors (Lipinski definition) is 2. The first-order chi connectivity index (χ1) is 19.1. The minimum absolute atomic E-state index is 0.0115. The normalized spacial score (nSPS) is 13.6. The van der Waals surface area contributed by atoms with Crippen LogP contribution in [0.15, 0.2) is 97.1 Å². The fourth-order valence-corrected chi connectivity index (χ4v) is 4.93. The molecule has 0 atom stereocenters. The number of nitrogen functional groups attached to an aromatic ring is 1. The molecule has 0 radical (unpaired) electrons. The number of amides is 1. The van der Waals surface area contributed by atoms with E-state index in [4.69, 9.17) is 10.5 Å². The average molecular weight is 513 g/mol. The van der Waals surface area contributed by atoms with Crippen molar-refractivity contribution >= 4 is 22.5 Å². The Kier molecular flexibility index (Phi) is 6.71. The topological polar surface area (TPSA) is 84.2 Å². The molecule has 2 heterocycles. The first kappa shape index (κ1) is 24.3. The maximum absolute atomic E-state index is 13.4. The van der Waals surface area contributed by atoms with Crippen molar-refractivity contribution in [3.05, 3.63) is 114 Å². The molecule has 6 rings (SSSR count). The molecule has 39 heavy (non-hydrogen) atoms. The van der Waals surface area contributed by atoms with Gasteiger partial charge in [0, 0.05) is 48.1 Å². The van der Waals surface area contributed by atoms with Crippen LogP contribution in [0.4, 0.5) is 5.69 Å². The lowest BCUT2D eigenvalue weighted by Gasteiger charge is -2.32. The molecule has 1 saturated heterocycles. The summed E-state index contributed by atoms with van der Waals surface area (Å²) in [7, 11) is 0. The number of nitrogens with zero attached hydrogens (tertiary/aromatic N) is 2. The van der Waals surface area contributed by atoms with Crippen molar-refractivity contribution in [1.82, 2.24) is 15.1 Å². The van der Waals surface area contributed by atoms with E-state index in [1.54, 1.807) is 0 Å². The molecule has 1 aliphatic rings. The van der Waals surface area contributed by atoms with Crippen LogP contribution < -0.4 is 10.5 Å². The number of nitrogens with one attached hydrogen (secondary N) is 1. The van der Waals surface area contributed by atoms with Gasteiger partial charge in [0.25, 0.3) is 5.91 Å². The van der Waals surface area contributed by atoms with Gasteiger partial charge >= 0.3 is 0 Å². The van der Waals surface area contributed by atoms with Gasteiger partial charge in [-0.1, -0.05) is 54.5 Å². The monoisotopic (exact) mass is 512 g/mol. The number of H-pyrrole nitrogens is 1. The number of rotatable bonds is 4. The Hall–Kier alpha value is -5.02. The number of hydrogen-bond acceptors (Lipinski definition) is 4. The second-order valence-corrected chi connectivity index (χ2v) is 9.67. The summed E-state index contributed by atoms with van der Waals surface area (Å²) in [6.45, 7) is 1.29. The second kappa shape index (κ2) is 10.8. The zero-order valence-electron chi connectivity index (χ0n) is 21.4. The van der Waals surface area contributed by atoms with Crippen LogP contribution in [0.1, 0.15) is 34.5 Å². The summed E-state index contributed by atoms with van der Waals surface area (Å²) in [6.07, 6.45) is 1.64. The van der Waals surface area contributed by atoms with Crippen molar-refractivity contribution in [2.24, 2.45) is 0 Å². The predicted molar refractivity (Wildman–Crippen MR) is 154 cm³/mol. The van der Waals surface area contributed by atoms with E-state index >= 15 is 0 Å². The number of ether oxygens (including phenoxy) is 1. The minimum Gasteiger partial charge on any atom is -0.490 e. The summed E-state index contributed by atoms with van der Waals surface area (Å²) < 4.78 is 6.09. The van der Waals surface area contributed by atoms with Crippen molar-refractivity contribution in [1.29, 1.82) is 0 Å². The van der Waals surface area contributed by atoms with E-state index in [0.717, 1.165) is 46.2 Å². The number of benzene rings is 4. The molecule has 0 spiro atoms. The Morgan fingerprint density at radius 3 is 2.44 bits per heavy atom. The van der Waals surface area contributed by atoms with Crippen molar-refractivity contribution in [3.8, 4) is 28.7 Å². The fraction of sp³-hybridized carbons (Fsp3) is 0.152. The molecule has 4 aromatic carbocycles. The number of fused-ring (bicyclic) bond motifs is 1. The van der Waals surface area contributed by atoms with Crippen LogP contribution in [0.2, 0.25) is 0 Å². The summed E-state index contributed by atoms with van der Waals surface area (Å²) >= 11 is 0. The second-order valence-electron chi connectivity index (χ2n) is 9.67. The van der Waals surface area contributed by atoms with Crippen LogP contribution in [0, 0.1) is 11.8 Å². The first-order valence-electron chi connectivity index (χ1n) is 13.1. The molecular formula is C33H28N4O2. The van der Waals surface area contributed by atoms with Gasteiger partial charge in [-0.25, -0.2) is 0 Å². The summed E-state index contributed by atoms with van der Waals surface area (Å²) in [5.74, 6) is 7.38. The Bertz CT molecular complexity index is 1670. The van der Waals surface area contributed by atoms with Gasteiger partial charge in [0.2, 0.25) is 0 Å². The molecule has 1 amide bonds. The summed E-state index contributed by atoms with van der Waals surface area (Å²) in [5.41, 5.74) is 11.7. The van der Waals surface area contributed by atoms with E-state index in [0.29, 0.717) is 30.0 Å². The van der Waals surface area contributed by atoms with Crippen LogP contribution in [0.25, 0.3) is 22.0 Å². The lowest BCUT2D eigenvalue weighted by atomic mass is 10.00. The molecule has 1 aromatic heterocycles. The third kappa shape index (κ3) is 5.34. The predicted octanol–water partition coefficient (Wildman–Crippen LogP) is 5.90. The van der Waals surface area contributed by atoms with E-state index in [9.17, 15) is 4.79 Å². The molecule has 0 bridgehead atoms. The summed E-state index contributed by atoms with van der Waals surface area (Å²) in [6, 6.07) is 31.4. The van der Waals surface area contributed by atoms with E-state index in [1.807, 2.05) is 83.8 Å². The largest absolute Gasteiger partial charge is 0.490 e.